The molecular weight excluding hydrogens is 412 g/mol. The van der Waals surface area contributed by atoms with Gasteiger partial charge in [0.25, 0.3) is 5.91 Å². The number of amides is 3. The predicted octanol–water partition coefficient (Wildman–Crippen LogP) is 2.38. The zero-order chi connectivity index (χ0) is 23.4. The number of rotatable bonds is 8. The Labute approximate surface area is 186 Å². The number of hydrogen-bond acceptors (Lipinski definition) is 6. The van der Waals surface area contributed by atoms with Crippen LogP contribution in [0.4, 0.5) is 17.1 Å². The molecule has 0 radical (unpaired) electrons. The molecule has 0 saturated heterocycles. The molecule has 3 rings (SSSR count). The molecule has 4 N–H and O–H groups in total. The highest BCUT2D eigenvalue weighted by Gasteiger charge is 2.27. The Morgan fingerprint density at radius 1 is 1.16 bits per heavy atom. The smallest absolute Gasteiger partial charge is 0.256 e. The van der Waals surface area contributed by atoms with E-state index in [9.17, 15) is 14.4 Å². The van der Waals surface area contributed by atoms with E-state index in [1.807, 2.05) is 13.0 Å². The minimum Gasteiger partial charge on any atom is -0.493 e. The van der Waals surface area contributed by atoms with Crippen LogP contribution in [0.1, 0.15) is 19.4 Å². The van der Waals surface area contributed by atoms with Crippen molar-refractivity contribution in [3.8, 4) is 11.5 Å². The van der Waals surface area contributed by atoms with Gasteiger partial charge in [-0.15, -0.1) is 0 Å². The maximum absolute atomic E-state index is 12.5. The lowest BCUT2D eigenvalue weighted by molar-refractivity contribution is -0.121. The number of carbonyl (C=O) groups is 3. The molecule has 1 aliphatic rings. The van der Waals surface area contributed by atoms with Crippen molar-refractivity contribution in [1.82, 2.24) is 0 Å². The fourth-order valence-electron chi connectivity index (χ4n) is 3.52. The maximum atomic E-state index is 12.5. The summed E-state index contributed by atoms with van der Waals surface area (Å²) in [7, 11) is 3.08. The monoisotopic (exact) mass is 438 g/mol. The van der Waals surface area contributed by atoms with Crippen molar-refractivity contribution in [3.63, 3.8) is 0 Å². The molecule has 0 spiro atoms. The Morgan fingerprint density at radius 2 is 1.78 bits per heavy atom. The summed E-state index contributed by atoms with van der Waals surface area (Å²) in [6, 6.07) is 10.3. The van der Waals surface area contributed by atoms with Crippen LogP contribution in [-0.2, 0) is 14.4 Å². The third-order valence-electron chi connectivity index (χ3n) is 4.99. The summed E-state index contributed by atoms with van der Waals surface area (Å²) in [5, 5.41) is 6.14. The van der Waals surface area contributed by atoms with E-state index in [2.05, 4.69) is 10.6 Å². The van der Waals surface area contributed by atoms with E-state index in [0.29, 0.717) is 28.4 Å². The van der Waals surface area contributed by atoms with Crippen LogP contribution in [0.2, 0.25) is 0 Å². The topological polar surface area (TPSA) is 123 Å². The first kappa shape index (κ1) is 22.7. The number of anilines is 3. The van der Waals surface area contributed by atoms with Gasteiger partial charge in [-0.05, 0) is 43.3 Å². The number of hydrogen-bond donors (Lipinski definition) is 3. The molecule has 0 saturated carbocycles. The van der Waals surface area contributed by atoms with Gasteiger partial charge in [0.05, 0.1) is 19.9 Å². The molecule has 0 fully saturated rings. The van der Waals surface area contributed by atoms with E-state index in [-0.39, 0.29) is 24.4 Å². The lowest BCUT2D eigenvalue weighted by atomic mass is 10.0. The summed E-state index contributed by atoms with van der Waals surface area (Å²) in [6.45, 7) is 3.10. The van der Waals surface area contributed by atoms with Crippen molar-refractivity contribution in [2.45, 2.75) is 19.9 Å². The van der Waals surface area contributed by atoms with Crippen molar-refractivity contribution in [1.29, 1.82) is 0 Å². The van der Waals surface area contributed by atoms with Gasteiger partial charge in [0.15, 0.2) is 11.5 Å². The Hall–Kier alpha value is -4.01. The molecule has 0 aromatic heterocycles. The highest BCUT2D eigenvalue weighted by atomic mass is 16.5. The molecule has 168 valence electrons. The molecule has 0 bridgehead atoms. The van der Waals surface area contributed by atoms with E-state index >= 15 is 0 Å². The SMILES string of the molecule is COc1cc2c(cc1OC)C(=CC(C)Nc1ccc(N(CC(N)=O)C(C)=O)cc1)C(=O)N2. The van der Waals surface area contributed by atoms with Crippen LogP contribution in [0.25, 0.3) is 5.57 Å². The second-order valence-corrected chi connectivity index (χ2v) is 7.34. The van der Waals surface area contributed by atoms with Crippen molar-refractivity contribution >= 4 is 40.4 Å². The van der Waals surface area contributed by atoms with E-state index in [0.717, 1.165) is 11.3 Å². The second kappa shape index (κ2) is 9.42. The first-order valence-corrected chi connectivity index (χ1v) is 9.96. The Morgan fingerprint density at radius 3 is 2.34 bits per heavy atom. The number of primary amides is 1. The number of benzene rings is 2. The fourth-order valence-corrected chi connectivity index (χ4v) is 3.52. The van der Waals surface area contributed by atoms with Crippen LogP contribution in [0.15, 0.2) is 42.5 Å². The molecule has 1 atom stereocenters. The van der Waals surface area contributed by atoms with Gasteiger partial charge in [-0.2, -0.15) is 0 Å². The molecule has 1 unspecified atom stereocenters. The predicted molar refractivity (Wildman–Crippen MR) is 123 cm³/mol. The maximum Gasteiger partial charge on any atom is 0.256 e. The average molecular weight is 438 g/mol. The summed E-state index contributed by atoms with van der Waals surface area (Å²) < 4.78 is 10.6. The summed E-state index contributed by atoms with van der Waals surface area (Å²) in [5.41, 5.74) is 8.50. The number of ether oxygens (including phenoxy) is 2. The molecule has 9 nitrogen and oxygen atoms in total. The molecular formula is C23H26N4O5. The molecule has 1 heterocycles. The second-order valence-electron chi connectivity index (χ2n) is 7.34. The van der Waals surface area contributed by atoms with Crippen molar-refractivity contribution in [2.24, 2.45) is 5.73 Å². The zero-order valence-corrected chi connectivity index (χ0v) is 18.4. The lowest BCUT2D eigenvalue weighted by Gasteiger charge is -2.20. The van der Waals surface area contributed by atoms with Crippen molar-refractivity contribution in [3.05, 3.63) is 48.0 Å². The number of nitrogens with one attached hydrogen (secondary N) is 2. The molecule has 1 aliphatic heterocycles. The fraction of sp³-hybridized carbons (Fsp3) is 0.261. The van der Waals surface area contributed by atoms with Crippen molar-refractivity contribution in [2.75, 3.05) is 36.3 Å². The number of fused-ring (bicyclic) bond motifs is 1. The average Bonchev–Trinajstić information content (AvgIpc) is 3.05. The third kappa shape index (κ3) is 4.83. The van der Waals surface area contributed by atoms with Crippen LogP contribution >= 0.6 is 0 Å². The highest BCUT2D eigenvalue weighted by molar-refractivity contribution is 6.31. The van der Waals surface area contributed by atoms with E-state index in [1.165, 1.54) is 11.8 Å². The van der Waals surface area contributed by atoms with E-state index in [1.54, 1.807) is 50.6 Å². The van der Waals surface area contributed by atoms with Crippen LogP contribution in [-0.4, -0.2) is 44.5 Å². The summed E-state index contributed by atoms with van der Waals surface area (Å²) in [5.74, 6) is 0.00120. The van der Waals surface area contributed by atoms with Crippen LogP contribution in [0.3, 0.4) is 0 Å². The largest absolute Gasteiger partial charge is 0.493 e. The molecule has 2 aromatic rings. The zero-order valence-electron chi connectivity index (χ0n) is 18.4. The van der Waals surface area contributed by atoms with Gasteiger partial charge in [0, 0.05) is 41.5 Å². The number of nitrogens with two attached hydrogens (primary N) is 1. The molecule has 3 amide bonds. The molecule has 32 heavy (non-hydrogen) atoms. The van der Waals surface area contributed by atoms with Gasteiger partial charge in [-0.1, -0.05) is 0 Å². The molecule has 9 heteroatoms. The van der Waals surface area contributed by atoms with Gasteiger partial charge in [0.2, 0.25) is 11.8 Å². The Kier molecular flexibility index (Phi) is 6.67. The Balaban J connectivity index is 1.79. The first-order chi connectivity index (χ1) is 15.2. The van der Waals surface area contributed by atoms with Gasteiger partial charge >= 0.3 is 0 Å². The number of carbonyl (C=O) groups excluding carboxylic acids is 3. The normalized spacial score (nSPS) is 14.4. The molecule has 2 aromatic carbocycles. The lowest BCUT2D eigenvalue weighted by Crippen LogP contribution is -2.37. The summed E-state index contributed by atoms with van der Waals surface area (Å²) >= 11 is 0. The Bertz CT molecular complexity index is 1080. The van der Waals surface area contributed by atoms with Crippen LogP contribution in [0.5, 0.6) is 11.5 Å². The van der Waals surface area contributed by atoms with Gasteiger partial charge < -0.3 is 30.7 Å². The standard InChI is InChI=1S/C23H26N4O5/c1-13(25-15-5-7-16(8-6-15)27(14(2)28)12-22(24)29)9-18-17-10-20(31-3)21(32-4)11-19(17)26-23(18)30/h5-11,13,25H,12H2,1-4H3,(H2,24,29)(H,26,30). The number of methoxy groups -OCH3 is 2. The van der Waals surface area contributed by atoms with Crippen LogP contribution in [0, 0.1) is 0 Å². The van der Waals surface area contributed by atoms with E-state index < -0.39 is 5.91 Å². The highest BCUT2D eigenvalue weighted by Crippen LogP contribution is 2.40. The summed E-state index contributed by atoms with van der Waals surface area (Å²) in [6.07, 6.45) is 1.83. The van der Waals surface area contributed by atoms with Gasteiger partial charge in [0.1, 0.15) is 6.54 Å². The van der Waals surface area contributed by atoms with E-state index in [4.69, 9.17) is 15.2 Å². The van der Waals surface area contributed by atoms with Gasteiger partial charge in [-0.25, -0.2) is 0 Å². The summed E-state index contributed by atoms with van der Waals surface area (Å²) in [4.78, 5) is 36.8. The van der Waals surface area contributed by atoms with Crippen molar-refractivity contribution < 1.29 is 23.9 Å². The third-order valence-corrected chi connectivity index (χ3v) is 4.99. The minimum absolute atomic E-state index is 0.185. The van der Waals surface area contributed by atoms with Gasteiger partial charge in [-0.3, -0.25) is 14.4 Å². The minimum atomic E-state index is -0.591. The van der Waals surface area contributed by atoms with Crippen LogP contribution < -0.4 is 30.7 Å². The molecule has 0 aliphatic carbocycles. The first-order valence-electron chi connectivity index (χ1n) is 9.96. The number of nitrogens with zero attached hydrogens (tertiary/aromatic N) is 1. The quantitative estimate of drug-likeness (QED) is 0.544.